The van der Waals surface area contributed by atoms with E-state index in [0.29, 0.717) is 12.2 Å². The van der Waals surface area contributed by atoms with E-state index < -0.39 is 29.7 Å². The predicted octanol–water partition coefficient (Wildman–Crippen LogP) is 3.05. The summed E-state index contributed by atoms with van der Waals surface area (Å²) in [5.74, 6) is -2.92. The summed E-state index contributed by atoms with van der Waals surface area (Å²) in [4.78, 5) is 12.8. The number of nitrogens with zero attached hydrogens (tertiary/aromatic N) is 3. The first-order valence-corrected chi connectivity index (χ1v) is 7.18. The van der Waals surface area contributed by atoms with Crippen LogP contribution in [0, 0.1) is 11.6 Å². The topological polar surface area (TPSA) is 64.2 Å². The highest BCUT2D eigenvalue weighted by Crippen LogP contribution is 2.31. The zero-order valence-electron chi connectivity index (χ0n) is 12.6. The summed E-state index contributed by atoms with van der Waals surface area (Å²) in [7, 11) is 0. The van der Waals surface area contributed by atoms with E-state index in [0.717, 1.165) is 12.1 Å². The summed E-state index contributed by atoms with van der Waals surface area (Å²) in [6, 6.07) is 2.48. The lowest BCUT2D eigenvalue weighted by atomic mass is 10.1. The van der Waals surface area contributed by atoms with Crippen LogP contribution in [-0.4, -0.2) is 26.8 Å². The van der Waals surface area contributed by atoms with E-state index in [9.17, 15) is 22.4 Å². The molecule has 1 atom stereocenters. The standard InChI is InChI=1S/C15H14F4N4O/c1-7-5-23-9(6-22(7)15(20)24)4-12(21-23)8-2-10(14(18)19)13(17)11(16)3-8/h2-4,7,14H,5-6H2,1H3,(H2,20,24). The highest BCUT2D eigenvalue weighted by atomic mass is 19.3. The summed E-state index contributed by atoms with van der Waals surface area (Å²) in [5.41, 5.74) is 5.20. The number of primary amides is 1. The monoisotopic (exact) mass is 342 g/mol. The van der Waals surface area contributed by atoms with Gasteiger partial charge >= 0.3 is 6.03 Å². The van der Waals surface area contributed by atoms with E-state index in [1.165, 1.54) is 4.90 Å². The summed E-state index contributed by atoms with van der Waals surface area (Å²) >= 11 is 0. The van der Waals surface area contributed by atoms with E-state index in [4.69, 9.17) is 5.73 Å². The van der Waals surface area contributed by atoms with E-state index in [2.05, 4.69) is 5.10 Å². The fraction of sp³-hybridized carbons (Fsp3) is 0.333. The van der Waals surface area contributed by atoms with Gasteiger partial charge in [-0.15, -0.1) is 0 Å². The van der Waals surface area contributed by atoms with Gasteiger partial charge in [-0.2, -0.15) is 5.10 Å². The van der Waals surface area contributed by atoms with E-state index in [-0.39, 0.29) is 23.8 Å². The van der Waals surface area contributed by atoms with E-state index in [1.54, 1.807) is 17.7 Å². The second-order valence-corrected chi connectivity index (χ2v) is 5.68. The van der Waals surface area contributed by atoms with Crippen molar-refractivity contribution in [3.8, 4) is 11.3 Å². The van der Waals surface area contributed by atoms with Gasteiger partial charge in [0.1, 0.15) is 0 Å². The number of hydrogen-bond acceptors (Lipinski definition) is 2. The highest BCUT2D eigenvalue weighted by molar-refractivity contribution is 5.72. The van der Waals surface area contributed by atoms with Crippen molar-refractivity contribution in [1.82, 2.24) is 14.7 Å². The number of carbonyl (C=O) groups is 1. The van der Waals surface area contributed by atoms with Gasteiger partial charge in [0.25, 0.3) is 6.43 Å². The van der Waals surface area contributed by atoms with Crippen LogP contribution in [0.15, 0.2) is 18.2 Å². The van der Waals surface area contributed by atoms with E-state index in [1.807, 2.05) is 0 Å². The maximum absolute atomic E-state index is 13.6. The van der Waals surface area contributed by atoms with Crippen LogP contribution in [0.25, 0.3) is 11.3 Å². The van der Waals surface area contributed by atoms with Gasteiger partial charge in [0.2, 0.25) is 0 Å². The molecule has 1 unspecified atom stereocenters. The van der Waals surface area contributed by atoms with Crippen molar-refractivity contribution in [3.05, 3.63) is 41.1 Å². The predicted molar refractivity (Wildman–Crippen MR) is 77.1 cm³/mol. The Morgan fingerprint density at radius 2 is 2.04 bits per heavy atom. The van der Waals surface area contributed by atoms with Crippen LogP contribution < -0.4 is 5.73 Å². The average molecular weight is 342 g/mol. The third kappa shape index (κ3) is 2.70. The molecule has 0 spiro atoms. The van der Waals surface area contributed by atoms with Crippen LogP contribution >= 0.6 is 0 Å². The zero-order chi connectivity index (χ0) is 17.6. The second kappa shape index (κ2) is 5.81. The van der Waals surface area contributed by atoms with Gasteiger partial charge in [-0.05, 0) is 25.1 Å². The fourth-order valence-electron chi connectivity index (χ4n) is 2.77. The Morgan fingerprint density at radius 1 is 1.33 bits per heavy atom. The molecule has 24 heavy (non-hydrogen) atoms. The minimum Gasteiger partial charge on any atom is -0.351 e. The molecule has 0 radical (unpaired) electrons. The highest BCUT2D eigenvalue weighted by Gasteiger charge is 2.27. The third-order valence-electron chi connectivity index (χ3n) is 4.04. The van der Waals surface area contributed by atoms with Crippen LogP contribution in [0.4, 0.5) is 22.4 Å². The summed E-state index contributed by atoms with van der Waals surface area (Å²) < 4.78 is 54.3. The van der Waals surface area contributed by atoms with Crippen LogP contribution in [0.3, 0.4) is 0 Å². The number of benzene rings is 1. The van der Waals surface area contributed by atoms with Crippen molar-refractivity contribution in [1.29, 1.82) is 0 Å². The molecular formula is C15H14F4N4O. The molecule has 1 aromatic heterocycles. The molecular weight excluding hydrogens is 328 g/mol. The van der Waals surface area contributed by atoms with Gasteiger partial charge in [-0.3, -0.25) is 4.68 Å². The third-order valence-corrected chi connectivity index (χ3v) is 4.04. The lowest BCUT2D eigenvalue weighted by Gasteiger charge is -2.32. The van der Waals surface area contributed by atoms with Gasteiger partial charge in [0, 0.05) is 5.56 Å². The van der Waals surface area contributed by atoms with Crippen LogP contribution in [0.2, 0.25) is 0 Å². The molecule has 0 fully saturated rings. The number of aromatic nitrogens is 2. The SMILES string of the molecule is CC1Cn2nc(-c3cc(F)c(F)c(C(F)F)c3)cc2CN1C(N)=O. The summed E-state index contributed by atoms with van der Waals surface area (Å²) in [5, 5.41) is 4.24. The van der Waals surface area contributed by atoms with E-state index >= 15 is 0 Å². The molecule has 0 aliphatic carbocycles. The minimum atomic E-state index is -3.14. The molecule has 1 aliphatic rings. The number of hydrogen-bond donors (Lipinski definition) is 1. The van der Waals surface area contributed by atoms with Crippen molar-refractivity contribution in [2.75, 3.05) is 0 Å². The molecule has 1 aromatic carbocycles. The molecule has 0 bridgehead atoms. The number of nitrogens with two attached hydrogens (primary N) is 1. The largest absolute Gasteiger partial charge is 0.351 e. The maximum Gasteiger partial charge on any atom is 0.315 e. The number of urea groups is 1. The maximum atomic E-state index is 13.6. The quantitative estimate of drug-likeness (QED) is 0.853. The fourth-order valence-corrected chi connectivity index (χ4v) is 2.77. The first-order chi connectivity index (χ1) is 11.3. The van der Waals surface area contributed by atoms with Crippen LogP contribution in [0.1, 0.15) is 24.6 Å². The Hall–Kier alpha value is -2.58. The molecule has 2 N–H and O–H groups in total. The molecule has 2 amide bonds. The Balaban J connectivity index is 2.02. The first-order valence-electron chi connectivity index (χ1n) is 7.18. The van der Waals surface area contributed by atoms with Crippen molar-refractivity contribution in [3.63, 3.8) is 0 Å². The van der Waals surface area contributed by atoms with Crippen molar-refractivity contribution >= 4 is 6.03 Å². The minimum absolute atomic E-state index is 0.0457. The summed E-state index contributed by atoms with van der Waals surface area (Å²) in [6.07, 6.45) is -3.14. The number of amides is 2. The lowest BCUT2D eigenvalue weighted by molar-refractivity contribution is 0.145. The van der Waals surface area contributed by atoms with Crippen LogP contribution in [-0.2, 0) is 13.1 Å². The molecule has 9 heteroatoms. The van der Waals surface area contributed by atoms with Gasteiger partial charge in [0.05, 0.1) is 36.1 Å². The van der Waals surface area contributed by atoms with Gasteiger partial charge in [-0.25, -0.2) is 22.4 Å². The zero-order valence-corrected chi connectivity index (χ0v) is 12.6. The number of halogens is 4. The number of fused-ring (bicyclic) bond motifs is 1. The smallest absolute Gasteiger partial charge is 0.315 e. The molecule has 1 aliphatic heterocycles. The second-order valence-electron chi connectivity index (χ2n) is 5.68. The van der Waals surface area contributed by atoms with Gasteiger partial charge < -0.3 is 10.6 Å². The Bertz CT molecular complexity index is 805. The number of rotatable bonds is 2. The molecule has 0 saturated carbocycles. The first kappa shape index (κ1) is 16.3. The normalized spacial score (nSPS) is 17.2. The molecule has 2 aromatic rings. The lowest BCUT2D eigenvalue weighted by Crippen LogP contribution is -2.47. The molecule has 128 valence electrons. The molecule has 3 rings (SSSR count). The Kier molecular flexibility index (Phi) is 3.94. The van der Waals surface area contributed by atoms with Crippen molar-refractivity contribution < 1.29 is 22.4 Å². The number of carbonyl (C=O) groups excluding carboxylic acids is 1. The van der Waals surface area contributed by atoms with Gasteiger partial charge in [0.15, 0.2) is 11.6 Å². The molecule has 0 saturated heterocycles. The van der Waals surface area contributed by atoms with Crippen molar-refractivity contribution in [2.24, 2.45) is 5.73 Å². The Labute approximate surface area is 134 Å². The molecule has 2 heterocycles. The molecule has 5 nitrogen and oxygen atoms in total. The summed E-state index contributed by atoms with van der Waals surface area (Å²) in [6.45, 7) is 2.36. The Morgan fingerprint density at radius 3 is 2.67 bits per heavy atom. The van der Waals surface area contributed by atoms with Gasteiger partial charge in [-0.1, -0.05) is 0 Å². The average Bonchev–Trinajstić information content (AvgIpc) is 2.91. The van der Waals surface area contributed by atoms with Crippen LogP contribution in [0.5, 0.6) is 0 Å². The number of alkyl halides is 2. The van der Waals surface area contributed by atoms with Crippen molar-refractivity contribution in [2.45, 2.75) is 32.5 Å².